The number of carbonyl (C=O) groups is 1. The molecule has 0 spiro atoms. The number of fused-ring (bicyclic) bond motifs is 1. The summed E-state index contributed by atoms with van der Waals surface area (Å²) in [6.07, 6.45) is 2.11. The van der Waals surface area contributed by atoms with Gasteiger partial charge in [0.2, 0.25) is 5.95 Å². The van der Waals surface area contributed by atoms with Crippen molar-refractivity contribution < 1.29 is 9.53 Å². The molecular formula is C15H15ClN4O2. The standard InChI is InChI=1S/C15H15ClN4O2/c1-3-11-12(14(21)22-2)13(9-4-6-10(16)7-5-9)20-15(19-11)17-8-18-20/h4-8,13H,3H2,1-2H3,(H,17,18,19)/t13-/m0/s1. The Kier molecular flexibility index (Phi) is 3.85. The second-order valence-electron chi connectivity index (χ2n) is 4.84. The van der Waals surface area contributed by atoms with Crippen LogP contribution in [-0.2, 0) is 9.53 Å². The summed E-state index contributed by atoms with van der Waals surface area (Å²) in [7, 11) is 1.37. The first-order chi connectivity index (χ1) is 10.7. The topological polar surface area (TPSA) is 69.0 Å². The second kappa shape index (κ2) is 5.81. The number of methoxy groups -OCH3 is 1. The zero-order valence-corrected chi connectivity index (χ0v) is 13.0. The highest BCUT2D eigenvalue weighted by Gasteiger charge is 2.34. The van der Waals surface area contributed by atoms with E-state index in [1.165, 1.54) is 13.4 Å². The van der Waals surface area contributed by atoms with E-state index in [-0.39, 0.29) is 5.97 Å². The minimum atomic E-state index is -0.390. The molecule has 2 heterocycles. The zero-order chi connectivity index (χ0) is 15.7. The maximum Gasteiger partial charge on any atom is 0.338 e. The van der Waals surface area contributed by atoms with Crippen LogP contribution in [0.3, 0.4) is 0 Å². The molecule has 0 fully saturated rings. The number of aromatic nitrogens is 3. The van der Waals surface area contributed by atoms with Crippen LogP contribution in [0.5, 0.6) is 0 Å². The summed E-state index contributed by atoms with van der Waals surface area (Å²) < 4.78 is 6.64. The number of benzene rings is 1. The minimum Gasteiger partial charge on any atom is -0.466 e. The summed E-state index contributed by atoms with van der Waals surface area (Å²) in [6, 6.07) is 6.94. The van der Waals surface area contributed by atoms with Crippen molar-refractivity contribution in [1.29, 1.82) is 0 Å². The molecule has 0 saturated carbocycles. The van der Waals surface area contributed by atoms with Crippen molar-refractivity contribution in [2.45, 2.75) is 19.4 Å². The molecule has 2 aromatic rings. The van der Waals surface area contributed by atoms with Crippen LogP contribution >= 0.6 is 11.6 Å². The lowest BCUT2D eigenvalue weighted by molar-refractivity contribution is -0.136. The lowest BCUT2D eigenvalue weighted by Gasteiger charge is -2.28. The van der Waals surface area contributed by atoms with E-state index >= 15 is 0 Å². The number of rotatable bonds is 3. The number of halogens is 1. The first kappa shape index (κ1) is 14.6. The summed E-state index contributed by atoms with van der Waals surface area (Å²) in [5.74, 6) is 0.218. The Morgan fingerprint density at radius 3 is 2.77 bits per heavy atom. The SMILES string of the molecule is CCC1=C(C(=O)OC)[C@H](c2ccc(Cl)cc2)n2ncnc2N1. The van der Waals surface area contributed by atoms with Crippen LogP contribution in [0.15, 0.2) is 41.9 Å². The number of esters is 1. The molecule has 1 aromatic heterocycles. The largest absolute Gasteiger partial charge is 0.466 e. The van der Waals surface area contributed by atoms with Crippen LogP contribution in [0.25, 0.3) is 0 Å². The molecule has 0 radical (unpaired) electrons. The second-order valence-corrected chi connectivity index (χ2v) is 5.28. The third-order valence-corrected chi connectivity index (χ3v) is 3.88. The quantitative estimate of drug-likeness (QED) is 0.881. The number of anilines is 1. The molecule has 0 unspecified atom stereocenters. The third-order valence-electron chi connectivity index (χ3n) is 3.62. The highest BCUT2D eigenvalue weighted by molar-refractivity contribution is 6.30. The van der Waals surface area contributed by atoms with Crippen molar-refractivity contribution in [3.8, 4) is 0 Å². The van der Waals surface area contributed by atoms with E-state index in [0.29, 0.717) is 23.0 Å². The Labute approximate surface area is 132 Å². The molecule has 1 aromatic carbocycles. The van der Waals surface area contributed by atoms with Gasteiger partial charge in [0.15, 0.2) is 0 Å². The predicted molar refractivity (Wildman–Crippen MR) is 82.6 cm³/mol. The van der Waals surface area contributed by atoms with Crippen LogP contribution in [0, 0.1) is 0 Å². The van der Waals surface area contributed by atoms with Gasteiger partial charge in [-0.1, -0.05) is 30.7 Å². The fourth-order valence-corrected chi connectivity index (χ4v) is 2.72. The normalized spacial score (nSPS) is 17.0. The Bertz CT molecular complexity index is 736. The number of allylic oxidation sites excluding steroid dienone is 1. The maximum atomic E-state index is 12.3. The number of carbonyl (C=O) groups excluding carboxylic acids is 1. The molecule has 22 heavy (non-hydrogen) atoms. The highest BCUT2D eigenvalue weighted by Crippen LogP contribution is 2.36. The lowest BCUT2D eigenvalue weighted by atomic mass is 9.95. The van der Waals surface area contributed by atoms with Crippen LogP contribution < -0.4 is 5.32 Å². The zero-order valence-electron chi connectivity index (χ0n) is 12.2. The van der Waals surface area contributed by atoms with Gasteiger partial charge in [0.05, 0.1) is 12.7 Å². The highest BCUT2D eigenvalue weighted by atomic mass is 35.5. The van der Waals surface area contributed by atoms with Crippen molar-refractivity contribution in [3.05, 3.63) is 52.4 Å². The fourth-order valence-electron chi connectivity index (χ4n) is 2.59. The van der Waals surface area contributed by atoms with Gasteiger partial charge in [0, 0.05) is 10.7 Å². The summed E-state index contributed by atoms with van der Waals surface area (Å²) >= 11 is 5.96. The van der Waals surface area contributed by atoms with Crippen molar-refractivity contribution in [1.82, 2.24) is 14.8 Å². The van der Waals surface area contributed by atoms with Crippen molar-refractivity contribution in [2.75, 3.05) is 12.4 Å². The summed E-state index contributed by atoms with van der Waals surface area (Å²) in [5.41, 5.74) is 2.21. The lowest BCUT2D eigenvalue weighted by Crippen LogP contribution is -2.29. The molecule has 1 aliphatic rings. The molecule has 0 amide bonds. The van der Waals surface area contributed by atoms with Crippen LogP contribution in [0.2, 0.25) is 5.02 Å². The fraction of sp³-hybridized carbons (Fsp3) is 0.267. The molecule has 0 bridgehead atoms. The minimum absolute atomic E-state index is 0.384. The number of hydrogen-bond donors (Lipinski definition) is 1. The van der Waals surface area contributed by atoms with E-state index in [1.807, 2.05) is 19.1 Å². The molecule has 114 valence electrons. The monoisotopic (exact) mass is 318 g/mol. The van der Waals surface area contributed by atoms with Crippen LogP contribution in [0.4, 0.5) is 5.95 Å². The van der Waals surface area contributed by atoms with Gasteiger partial charge >= 0.3 is 5.97 Å². The van der Waals surface area contributed by atoms with Gasteiger partial charge < -0.3 is 10.1 Å². The Hall–Kier alpha value is -2.34. The van der Waals surface area contributed by atoms with E-state index in [2.05, 4.69) is 15.4 Å². The van der Waals surface area contributed by atoms with Crippen molar-refractivity contribution in [2.24, 2.45) is 0 Å². The van der Waals surface area contributed by atoms with Gasteiger partial charge in [0.1, 0.15) is 12.4 Å². The third kappa shape index (κ3) is 2.35. The number of ether oxygens (including phenoxy) is 1. The molecule has 0 aliphatic carbocycles. The average Bonchev–Trinajstić information content (AvgIpc) is 3.01. The van der Waals surface area contributed by atoms with Gasteiger partial charge in [-0.05, 0) is 24.1 Å². The van der Waals surface area contributed by atoms with E-state index in [4.69, 9.17) is 16.3 Å². The molecule has 1 N–H and O–H groups in total. The molecule has 1 aliphatic heterocycles. The number of nitrogens with one attached hydrogen (secondary N) is 1. The first-order valence-electron chi connectivity index (χ1n) is 6.89. The molecule has 0 saturated heterocycles. The molecular weight excluding hydrogens is 304 g/mol. The van der Waals surface area contributed by atoms with Gasteiger partial charge in [-0.2, -0.15) is 10.1 Å². The van der Waals surface area contributed by atoms with Crippen LogP contribution in [-0.4, -0.2) is 27.8 Å². The van der Waals surface area contributed by atoms with Gasteiger partial charge in [-0.15, -0.1) is 0 Å². The van der Waals surface area contributed by atoms with Gasteiger partial charge in [0.25, 0.3) is 0 Å². The smallest absolute Gasteiger partial charge is 0.338 e. The van der Waals surface area contributed by atoms with E-state index in [0.717, 1.165) is 11.3 Å². The summed E-state index contributed by atoms with van der Waals surface area (Å²) in [5, 5.41) is 8.02. The Morgan fingerprint density at radius 1 is 1.41 bits per heavy atom. The first-order valence-corrected chi connectivity index (χ1v) is 7.26. The van der Waals surface area contributed by atoms with Crippen molar-refractivity contribution >= 4 is 23.5 Å². The Balaban J connectivity index is 2.19. The molecule has 6 nitrogen and oxygen atoms in total. The van der Waals surface area contributed by atoms with E-state index in [9.17, 15) is 4.79 Å². The molecule has 3 rings (SSSR count). The number of nitrogens with zero attached hydrogens (tertiary/aromatic N) is 3. The molecule has 7 heteroatoms. The summed E-state index contributed by atoms with van der Waals surface area (Å²) in [4.78, 5) is 16.5. The van der Waals surface area contributed by atoms with Crippen LogP contribution in [0.1, 0.15) is 24.9 Å². The average molecular weight is 319 g/mol. The van der Waals surface area contributed by atoms with Gasteiger partial charge in [-0.3, -0.25) is 0 Å². The maximum absolute atomic E-state index is 12.3. The van der Waals surface area contributed by atoms with Crippen molar-refractivity contribution in [3.63, 3.8) is 0 Å². The predicted octanol–water partition coefficient (Wildman–Crippen LogP) is 2.78. The van der Waals surface area contributed by atoms with E-state index in [1.54, 1.807) is 16.8 Å². The van der Waals surface area contributed by atoms with Gasteiger partial charge in [-0.25, -0.2) is 9.48 Å². The van der Waals surface area contributed by atoms with E-state index < -0.39 is 6.04 Å². The number of hydrogen-bond acceptors (Lipinski definition) is 5. The summed E-state index contributed by atoms with van der Waals surface area (Å²) in [6.45, 7) is 1.97. The molecule has 1 atom stereocenters. The Morgan fingerprint density at radius 2 is 2.14 bits per heavy atom.